The van der Waals surface area contributed by atoms with Gasteiger partial charge in [0.15, 0.2) is 0 Å². The molecule has 1 aromatic heterocycles. The Morgan fingerprint density at radius 3 is 3.00 bits per heavy atom. The number of hydrogen-bond acceptors (Lipinski definition) is 3. The smallest absolute Gasteiger partial charge is 0.254 e. The van der Waals surface area contributed by atoms with Gasteiger partial charge in [0, 0.05) is 19.6 Å². The average molecular weight is 251 g/mol. The third-order valence-electron chi connectivity index (χ3n) is 3.89. The van der Waals surface area contributed by atoms with Gasteiger partial charge in [-0.3, -0.25) is 4.79 Å². The minimum Gasteiger partial charge on any atom is -0.469 e. The second-order valence-electron chi connectivity index (χ2n) is 4.95. The summed E-state index contributed by atoms with van der Waals surface area (Å²) in [5, 5.41) is 12.2. The Morgan fingerprint density at radius 1 is 1.50 bits per heavy atom. The number of aliphatic hydroxyl groups is 1. The first-order valence-corrected chi connectivity index (χ1v) is 6.71. The van der Waals surface area contributed by atoms with Crippen molar-refractivity contribution < 1.29 is 14.3 Å². The van der Waals surface area contributed by atoms with Crippen molar-refractivity contribution in [1.29, 1.82) is 0 Å². The van der Waals surface area contributed by atoms with Crippen LogP contribution in [0.15, 0.2) is 16.7 Å². The maximum atomic E-state index is 12.0. The van der Waals surface area contributed by atoms with E-state index < -0.39 is 0 Å². The van der Waals surface area contributed by atoms with Gasteiger partial charge >= 0.3 is 0 Å². The number of carbonyl (C=O) groups excluding carboxylic acids is 1. The topological polar surface area (TPSA) is 62.5 Å². The fourth-order valence-corrected chi connectivity index (χ4v) is 2.76. The van der Waals surface area contributed by atoms with Gasteiger partial charge in [-0.25, -0.2) is 0 Å². The molecule has 2 unspecified atom stereocenters. The summed E-state index contributed by atoms with van der Waals surface area (Å²) in [6, 6.07) is 1.71. The Hall–Kier alpha value is -1.29. The fourth-order valence-electron chi connectivity index (χ4n) is 2.76. The molecule has 1 heterocycles. The van der Waals surface area contributed by atoms with E-state index in [2.05, 4.69) is 5.32 Å². The molecule has 1 aliphatic rings. The average Bonchev–Trinajstić information content (AvgIpc) is 3.03. The molecule has 1 saturated carbocycles. The van der Waals surface area contributed by atoms with Gasteiger partial charge in [0.1, 0.15) is 5.76 Å². The highest BCUT2D eigenvalue weighted by molar-refractivity contribution is 5.95. The van der Waals surface area contributed by atoms with E-state index in [0.717, 1.165) is 31.4 Å². The highest BCUT2D eigenvalue weighted by Crippen LogP contribution is 2.30. The van der Waals surface area contributed by atoms with Crippen LogP contribution >= 0.6 is 0 Å². The summed E-state index contributed by atoms with van der Waals surface area (Å²) < 4.78 is 5.25. The van der Waals surface area contributed by atoms with Crippen molar-refractivity contribution in [2.75, 3.05) is 13.2 Å². The van der Waals surface area contributed by atoms with Crippen LogP contribution in [0.3, 0.4) is 0 Å². The van der Waals surface area contributed by atoms with Crippen molar-refractivity contribution in [3.05, 3.63) is 23.7 Å². The van der Waals surface area contributed by atoms with Crippen molar-refractivity contribution in [3.8, 4) is 0 Å². The van der Waals surface area contributed by atoms with Crippen LogP contribution in [0, 0.1) is 11.8 Å². The van der Waals surface area contributed by atoms with E-state index >= 15 is 0 Å². The van der Waals surface area contributed by atoms with Crippen LogP contribution in [0.4, 0.5) is 0 Å². The minimum atomic E-state index is -0.0656. The zero-order chi connectivity index (χ0) is 13.0. The second-order valence-corrected chi connectivity index (χ2v) is 4.95. The predicted molar refractivity (Wildman–Crippen MR) is 68.3 cm³/mol. The Balaban J connectivity index is 1.88. The highest BCUT2D eigenvalue weighted by Gasteiger charge is 2.27. The molecular formula is C14H21NO3. The molecule has 0 bridgehead atoms. The zero-order valence-electron chi connectivity index (χ0n) is 10.8. The summed E-state index contributed by atoms with van der Waals surface area (Å²) in [7, 11) is 0. The highest BCUT2D eigenvalue weighted by atomic mass is 16.3. The van der Waals surface area contributed by atoms with Crippen molar-refractivity contribution in [3.63, 3.8) is 0 Å². The first-order chi connectivity index (χ1) is 8.76. The summed E-state index contributed by atoms with van der Waals surface area (Å²) in [6.07, 6.45) is 5.59. The molecule has 2 rings (SSSR count). The lowest BCUT2D eigenvalue weighted by Gasteiger charge is -2.17. The van der Waals surface area contributed by atoms with Crippen molar-refractivity contribution in [2.45, 2.75) is 32.6 Å². The standard InChI is InChI=1S/C14H21NO3/c1-2-13-12(6-7-18-13)14(17)15-8-10-4-3-5-11(10)9-16/h6-7,10-11,16H,2-5,8-9H2,1H3,(H,15,17). The van der Waals surface area contributed by atoms with E-state index in [1.807, 2.05) is 6.92 Å². The number of rotatable bonds is 5. The number of hydrogen-bond donors (Lipinski definition) is 2. The number of amides is 1. The molecular weight excluding hydrogens is 230 g/mol. The summed E-state index contributed by atoms with van der Waals surface area (Å²) >= 11 is 0. The predicted octanol–water partition coefficient (Wildman–Crippen LogP) is 1.98. The quantitative estimate of drug-likeness (QED) is 0.841. The fraction of sp³-hybridized carbons (Fsp3) is 0.643. The number of aryl methyl sites for hydroxylation is 1. The first kappa shape index (κ1) is 13.1. The molecule has 2 N–H and O–H groups in total. The summed E-state index contributed by atoms with van der Waals surface area (Å²) in [4.78, 5) is 12.0. The van der Waals surface area contributed by atoms with E-state index in [-0.39, 0.29) is 12.5 Å². The maximum Gasteiger partial charge on any atom is 0.254 e. The van der Waals surface area contributed by atoms with Crippen LogP contribution in [0.5, 0.6) is 0 Å². The molecule has 0 aliphatic heterocycles. The van der Waals surface area contributed by atoms with E-state index in [1.54, 1.807) is 12.3 Å². The van der Waals surface area contributed by atoms with Crippen LogP contribution in [0.25, 0.3) is 0 Å². The molecule has 0 aromatic carbocycles. The van der Waals surface area contributed by atoms with E-state index in [9.17, 15) is 9.90 Å². The Labute approximate surface area is 107 Å². The van der Waals surface area contributed by atoms with Crippen molar-refractivity contribution >= 4 is 5.91 Å². The molecule has 4 heteroatoms. The molecule has 1 fully saturated rings. The zero-order valence-corrected chi connectivity index (χ0v) is 10.8. The van der Waals surface area contributed by atoms with Gasteiger partial charge in [0.2, 0.25) is 0 Å². The van der Waals surface area contributed by atoms with E-state index in [4.69, 9.17) is 4.42 Å². The van der Waals surface area contributed by atoms with Crippen LogP contribution < -0.4 is 5.32 Å². The monoisotopic (exact) mass is 251 g/mol. The van der Waals surface area contributed by atoms with Crippen LogP contribution in [-0.2, 0) is 6.42 Å². The van der Waals surface area contributed by atoms with Gasteiger partial charge in [0.25, 0.3) is 5.91 Å². The lowest BCUT2D eigenvalue weighted by Crippen LogP contribution is -2.31. The first-order valence-electron chi connectivity index (χ1n) is 6.71. The molecule has 4 nitrogen and oxygen atoms in total. The molecule has 1 amide bonds. The van der Waals surface area contributed by atoms with Gasteiger partial charge in [-0.15, -0.1) is 0 Å². The molecule has 0 saturated heterocycles. The Bertz CT molecular complexity index is 399. The molecule has 0 spiro atoms. The second kappa shape index (κ2) is 6.05. The van der Waals surface area contributed by atoms with Gasteiger partial charge in [-0.2, -0.15) is 0 Å². The van der Waals surface area contributed by atoms with E-state index in [0.29, 0.717) is 23.9 Å². The normalized spacial score (nSPS) is 23.2. The van der Waals surface area contributed by atoms with Crippen LogP contribution in [0.2, 0.25) is 0 Å². The van der Waals surface area contributed by atoms with Gasteiger partial charge in [-0.1, -0.05) is 13.3 Å². The Kier molecular flexibility index (Phi) is 4.42. The Morgan fingerprint density at radius 2 is 2.28 bits per heavy atom. The molecule has 1 aromatic rings. The summed E-state index contributed by atoms with van der Waals surface area (Å²) in [5.74, 6) is 1.43. The number of carbonyl (C=O) groups is 1. The summed E-state index contributed by atoms with van der Waals surface area (Å²) in [6.45, 7) is 2.85. The van der Waals surface area contributed by atoms with Crippen LogP contribution in [0.1, 0.15) is 42.3 Å². The van der Waals surface area contributed by atoms with Crippen LogP contribution in [-0.4, -0.2) is 24.2 Å². The van der Waals surface area contributed by atoms with E-state index in [1.165, 1.54) is 0 Å². The van der Waals surface area contributed by atoms with Crippen molar-refractivity contribution in [1.82, 2.24) is 5.32 Å². The van der Waals surface area contributed by atoms with Crippen molar-refractivity contribution in [2.24, 2.45) is 11.8 Å². The number of furan rings is 1. The molecule has 1 aliphatic carbocycles. The van der Waals surface area contributed by atoms with Gasteiger partial charge in [-0.05, 0) is 30.7 Å². The SMILES string of the molecule is CCc1occc1C(=O)NCC1CCCC1CO. The van der Waals surface area contributed by atoms with Gasteiger partial charge in [0.05, 0.1) is 11.8 Å². The molecule has 0 radical (unpaired) electrons. The maximum absolute atomic E-state index is 12.0. The number of nitrogens with one attached hydrogen (secondary N) is 1. The molecule has 100 valence electrons. The number of aliphatic hydroxyl groups excluding tert-OH is 1. The minimum absolute atomic E-state index is 0.0656. The lowest BCUT2D eigenvalue weighted by molar-refractivity contribution is 0.0936. The van der Waals surface area contributed by atoms with Gasteiger partial charge < -0.3 is 14.8 Å². The largest absolute Gasteiger partial charge is 0.469 e. The third-order valence-corrected chi connectivity index (χ3v) is 3.89. The summed E-state index contributed by atoms with van der Waals surface area (Å²) in [5.41, 5.74) is 0.635. The third kappa shape index (κ3) is 2.75. The molecule has 18 heavy (non-hydrogen) atoms. The molecule has 2 atom stereocenters. The lowest BCUT2D eigenvalue weighted by atomic mass is 9.97.